The molecule has 0 aliphatic carbocycles. The minimum Gasteiger partial charge on any atom is -0.504 e. The van der Waals surface area contributed by atoms with Gasteiger partial charge in [-0.2, -0.15) is 0 Å². The summed E-state index contributed by atoms with van der Waals surface area (Å²) in [5.74, 6) is 3.10. The van der Waals surface area contributed by atoms with Crippen LogP contribution in [0.5, 0.6) is 28.7 Å². The molecule has 0 radical (unpaired) electrons. The maximum Gasteiger partial charge on any atom is 0.231 e. The predicted octanol–water partition coefficient (Wildman–Crippen LogP) is 3.53. The van der Waals surface area contributed by atoms with E-state index in [4.69, 9.17) is 24.7 Å². The molecule has 0 saturated carbocycles. The highest BCUT2D eigenvalue weighted by Gasteiger charge is 2.48. The Morgan fingerprint density at radius 1 is 1.14 bits per heavy atom. The summed E-state index contributed by atoms with van der Waals surface area (Å²) < 4.78 is 23.7. The Kier molecular flexibility index (Phi) is 6.53. The standard InChI is InChI=1S/C28H37N3O5/c1-7-10-34-26-17(4)27-28(36-14-35-27)22-18(26)12-19-23(30(5)8-9-31(19)20(22)13-29)21-15(2)11-16(3)25(33-6)24(21)32/h7,11,19-20,23,32H,1,8-10,12-14,29H2,2-6H3/t19?,20-,23-/m0/s1. The molecular weight excluding hydrogens is 458 g/mol. The van der Waals surface area contributed by atoms with Crippen LogP contribution in [0.15, 0.2) is 18.7 Å². The highest BCUT2D eigenvalue weighted by Crippen LogP contribution is 2.55. The number of phenols is 1. The average molecular weight is 496 g/mol. The minimum atomic E-state index is -0.0631. The van der Waals surface area contributed by atoms with E-state index in [0.717, 1.165) is 70.1 Å². The zero-order valence-corrected chi connectivity index (χ0v) is 21.9. The van der Waals surface area contributed by atoms with Crippen LogP contribution in [-0.4, -0.2) is 68.1 Å². The van der Waals surface area contributed by atoms with Gasteiger partial charge >= 0.3 is 0 Å². The van der Waals surface area contributed by atoms with Crippen LogP contribution in [0.2, 0.25) is 0 Å². The van der Waals surface area contributed by atoms with Crippen LogP contribution in [-0.2, 0) is 6.42 Å². The molecule has 0 aromatic heterocycles. The summed E-state index contributed by atoms with van der Waals surface area (Å²) in [6, 6.07) is 2.03. The van der Waals surface area contributed by atoms with Crippen LogP contribution in [0, 0.1) is 20.8 Å². The molecule has 3 aliphatic heterocycles. The third-order valence-corrected chi connectivity index (χ3v) is 8.02. The maximum atomic E-state index is 11.4. The fraction of sp³-hybridized carbons (Fsp3) is 0.500. The summed E-state index contributed by atoms with van der Waals surface area (Å²) in [6.45, 7) is 12.6. The third-order valence-electron chi connectivity index (χ3n) is 8.02. The lowest BCUT2D eigenvalue weighted by atomic mass is 9.78. The average Bonchev–Trinajstić information content (AvgIpc) is 3.34. The Labute approximate surface area is 213 Å². The second-order valence-electron chi connectivity index (χ2n) is 10.0. The van der Waals surface area contributed by atoms with Crippen LogP contribution in [0.25, 0.3) is 0 Å². The van der Waals surface area contributed by atoms with Gasteiger partial charge in [-0.25, -0.2) is 0 Å². The van der Waals surface area contributed by atoms with Gasteiger partial charge < -0.3 is 29.8 Å². The number of nitrogens with two attached hydrogens (primary N) is 1. The predicted molar refractivity (Wildman–Crippen MR) is 138 cm³/mol. The highest BCUT2D eigenvalue weighted by molar-refractivity contribution is 5.66. The second kappa shape index (κ2) is 9.50. The zero-order chi connectivity index (χ0) is 25.7. The van der Waals surface area contributed by atoms with Crippen LogP contribution >= 0.6 is 0 Å². The van der Waals surface area contributed by atoms with E-state index in [2.05, 4.69) is 36.4 Å². The molecule has 3 heterocycles. The normalized spacial score (nSPS) is 23.2. The number of benzene rings is 2. The number of ether oxygens (including phenoxy) is 4. The van der Waals surface area contributed by atoms with E-state index in [-0.39, 0.29) is 30.7 Å². The van der Waals surface area contributed by atoms with Gasteiger partial charge in [-0.15, -0.1) is 0 Å². The Bertz CT molecular complexity index is 1200. The smallest absolute Gasteiger partial charge is 0.231 e. The number of nitrogens with zero attached hydrogens (tertiary/aromatic N) is 2. The molecule has 36 heavy (non-hydrogen) atoms. The lowest BCUT2D eigenvalue weighted by molar-refractivity contribution is -0.00457. The van der Waals surface area contributed by atoms with Crippen LogP contribution in [0.4, 0.5) is 0 Å². The Balaban J connectivity index is 1.70. The molecule has 0 spiro atoms. The first-order valence-electron chi connectivity index (χ1n) is 12.6. The summed E-state index contributed by atoms with van der Waals surface area (Å²) in [5.41, 5.74) is 12.4. The number of hydrogen-bond donors (Lipinski definition) is 2. The van der Waals surface area contributed by atoms with Crippen molar-refractivity contribution in [1.82, 2.24) is 9.80 Å². The Hall–Kier alpha value is -2.94. The van der Waals surface area contributed by atoms with Crippen molar-refractivity contribution in [3.05, 3.63) is 52.1 Å². The second-order valence-corrected chi connectivity index (χ2v) is 10.0. The maximum absolute atomic E-state index is 11.4. The number of methoxy groups -OCH3 is 1. The SMILES string of the molecule is C=CCOc1c(C)c2c(c3c1CC1[C@@H](c4c(C)cc(C)c(OC)c4O)N(C)CCN1[C@H]3CN)OCO2. The number of aromatic hydroxyl groups is 1. The first-order chi connectivity index (χ1) is 17.3. The fourth-order valence-electron chi connectivity index (χ4n) is 6.54. The minimum absolute atomic E-state index is 0.0616. The van der Waals surface area contributed by atoms with E-state index >= 15 is 0 Å². The van der Waals surface area contributed by atoms with Crippen molar-refractivity contribution in [2.75, 3.05) is 47.2 Å². The molecule has 0 bridgehead atoms. The van der Waals surface area contributed by atoms with Gasteiger partial charge in [0, 0.05) is 47.9 Å². The van der Waals surface area contributed by atoms with Crippen molar-refractivity contribution >= 4 is 0 Å². The molecule has 8 nitrogen and oxygen atoms in total. The summed E-state index contributed by atoms with van der Waals surface area (Å²) in [5, 5.41) is 11.4. The van der Waals surface area contributed by atoms with Gasteiger partial charge in [0.1, 0.15) is 12.4 Å². The highest BCUT2D eigenvalue weighted by atomic mass is 16.7. The first kappa shape index (κ1) is 24.7. The molecule has 0 amide bonds. The molecular formula is C28H37N3O5. The number of aryl methyl sites for hydroxylation is 2. The Morgan fingerprint density at radius 3 is 2.58 bits per heavy atom. The van der Waals surface area contributed by atoms with Gasteiger partial charge in [0.25, 0.3) is 0 Å². The monoisotopic (exact) mass is 495 g/mol. The molecule has 1 fully saturated rings. The van der Waals surface area contributed by atoms with E-state index in [9.17, 15) is 5.11 Å². The molecule has 2 aromatic carbocycles. The lowest BCUT2D eigenvalue weighted by Gasteiger charge is -2.53. The molecule has 3 atom stereocenters. The quantitative estimate of drug-likeness (QED) is 0.589. The van der Waals surface area contributed by atoms with Gasteiger partial charge in [-0.3, -0.25) is 9.80 Å². The van der Waals surface area contributed by atoms with Gasteiger partial charge in [0.15, 0.2) is 23.0 Å². The van der Waals surface area contributed by atoms with E-state index in [1.54, 1.807) is 13.2 Å². The fourth-order valence-corrected chi connectivity index (χ4v) is 6.54. The van der Waals surface area contributed by atoms with Crippen LogP contribution < -0.4 is 24.7 Å². The number of rotatable bonds is 6. The number of likely N-dealkylation sites (N-methyl/N-ethyl adjacent to an activating group) is 1. The third kappa shape index (κ3) is 3.62. The topological polar surface area (TPSA) is 89.7 Å². The molecule has 194 valence electrons. The van der Waals surface area contributed by atoms with Crippen molar-refractivity contribution in [1.29, 1.82) is 0 Å². The summed E-state index contributed by atoms with van der Waals surface area (Å²) in [6.07, 6.45) is 2.48. The molecule has 2 aromatic rings. The van der Waals surface area contributed by atoms with E-state index in [1.165, 1.54) is 0 Å². The van der Waals surface area contributed by atoms with Crippen molar-refractivity contribution in [3.8, 4) is 28.7 Å². The number of piperazine rings is 1. The van der Waals surface area contributed by atoms with Gasteiger partial charge in [0.2, 0.25) is 6.79 Å². The van der Waals surface area contributed by atoms with E-state index in [0.29, 0.717) is 18.9 Å². The zero-order valence-electron chi connectivity index (χ0n) is 21.9. The molecule has 1 saturated heterocycles. The van der Waals surface area contributed by atoms with Gasteiger partial charge in [-0.1, -0.05) is 18.7 Å². The van der Waals surface area contributed by atoms with E-state index < -0.39 is 0 Å². The molecule has 8 heteroatoms. The molecule has 3 N–H and O–H groups in total. The van der Waals surface area contributed by atoms with Crippen molar-refractivity contribution in [3.63, 3.8) is 0 Å². The first-order valence-corrected chi connectivity index (χ1v) is 12.6. The molecule has 5 rings (SSSR count). The van der Waals surface area contributed by atoms with E-state index in [1.807, 2.05) is 13.8 Å². The summed E-state index contributed by atoms with van der Waals surface area (Å²) >= 11 is 0. The number of phenolic OH excluding ortho intramolecular Hbond substituents is 1. The molecule has 3 aliphatic rings. The van der Waals surface area contributed by atoms with Crippen molar-refractivity contribution in [2.24, 2.45) is 5.73 Å². The van der Waals surface area contributed by atoms with Gasteiger partial charge in [-0.05, 0) is 45.4 Å². The van der Waals surface area contributed by atoms with Crippen LogP contribution in [0.3, 0.4) is 0 Å². The number of hydrogen-bond acceptors (Lipinski definition) is 8. The Morgan fingerprint density at radius 2 is 1.89 bits per heavy atom. The van der Waals surface area contributed by atoms with Crippen molar-refractivity contribution in [2.45, 2.75) is 45.3 Å². The lowest BCUT2D eigenvalue weighted by Crippen LogP contribution is -2.58. The largest absolute Gasteiger partial charge is 0.504 e. The van der Waals surface area contributed by atoms with Gasteiger partial charge in [0.05, 0.1) is 19.2 Å². The summed E-state index contributed by atoms with van der Waals surface area (Å²) in [7, 11) is 3.73. The van der Waals surface area contributed by atoms with Crippen LogP contribution in [0.1, 0.15) is 45.5 Å². The number of fused-ring (bicyclic) bond motifs is 4. The van der Waals surface area contributed by atoms with Crippen molar-refractivity contribution < 1.29 is 24.1 Å². The molecule has 1 unspecified atom stereocenters. The summed E-state index contributed by atoms with van der Waals surface area (Å²) in [4.78, 5) is 4.81.